The second-order valence-corrected chi connectivity index (χ2v) is 8.13. The van der Waals surface area contributed by atoms with Gasteiger partial charge >= 0.3 is 0 Å². The smallest absolute Gasteiger partial charge is 0.243 e. The van der Waals surface area contributed by atoms with Crippen LogP contribution < -0.4 is 4.90 Å². The molecule has 0 amide bonds. The summed E-state index contributed by atoms with van der Waals surface area (Å²) in [5.41, 5.74) is 1.69. The molecular formula is C18H19N5O2S. The molecule has 134 valence electrons. The molecular weight excluding hydrogens is 350 g/mol. The van der Waals surface area contributed by atoms with Crippen LogP contribution in [0.2, 0.25) is 0 Å². The van der Waals surface area contributed by atoms with Crippen LogP contribution >= 0.6 is 0 Å². The summed E-state index contributed by atoms with van der Waals surface area (Å²) in [6.45, 7) is 3.85. The summed E-state index contributed by atoms with van der Waals surface area (Å²) in [4.78, 5) is 15.1. The van der Waals surface area contributed by atoms with Crippen LogP contribution in [-0.2, 0) is 10.0 Å². The molecule has 7 nitrogen and oxygen atoms in total. The van der Waals surface area contributed by atoms with Gasteiger partial charge in [-0.05, 0) is 36.8 Å². The van der Waals surface area contributed by atoms with Gasteiger partial charge in [-0.2, -0.15) is 4.31 Å². The van der Waals surface area contributed by atoms with Gasteiger partial charge in [-0.3, -0.25) is 4.98 Å². The van der Waals surface area contributed by atoms with E-state index in [4.69, 9.17) is 0 Å². The fourth-order valence-corrected chi connectivity index (χ4v) is 4.84. The Hall–Kier alpha value is -2.58. The number of anilines is 1. The number of aryl methyl sites for hydroxylation is 1. The average Bonchev–Trinajstić information content (AvgIpc) is 2.69. The van der Waals surface area contributed by atoms with Crippen molar-refractivity contribution in [3.8, 4) is 0 Å². The van der Waals surface area contributed by atoms with Gasteiger partial charge in [0.25, 0.3) is 0 Å². The van der Waals surface area contributed by atoms with Gasteiger partial charge < -0.3 is 4.90 Å². The molecule has 2 aromatic heterocycles. The van der Waals surface area contributed by atoms with E-state index in [9.17, 15) is 8.42 Å². The van der Waals surface area contributed by atoms with E-state index in [0.717, 1.165) is 11.1 Å². The van der Waals surface area contributed by atoms with Crippen molar-refractivity contribution in [3.05, 3.63) is 54.5 Å². The van der Waals surface area contributed by atoms with Gasteiger partial charge in [0.15, 0.2) is 0 Å². The van der Waals surface area contributed by atoms with Crippen LogP contribution in [0, 0.1) is 6.92 Å². The van der Waals surface area contributed by atoms with Gasteiger partial charge in [0.1, 0.15) is 0 Å². The number of sulfonamides is 1. The molecule has 0 atom stereocenters. The zero-order chi connectivity index (χ0) is 18.1. The molecule has 1 aliphatic rings. The topological polar surface area (TPSA) is 79.3 Å². The predicted octanol–water partition coefficient (Wildman–Crippen LogP) is 1.84. The fourth-order valence-electron chi connectivity index (χ4n) is 3.23. The van der Waals surface area contributed by atoms with Crippen LogP contribution in [0.1, 0.15) is 5.56 Å². The Morgan fingerprint density at radius 1 is 0.885 bits per heavy atom. The molecule has 0 aliphatic carbocycles. The van der Waals surface area contributed by atoms with Crippen molar-refractivity contribution in [2.45, 2.75) is 11.8 Å². The molecule has 0 spiro atoms. The summed E-state index contributed by atoms with van der Waals surface area (Å²) < 4.78 is 27.9. The summed E-state index contributed by atoms with van der Waals surface area (Å²) in [6, 6.07) is 8.85. The number of hydrogen-bond donors (Lipinski definition) is 0. The number of rotatable bonds is 3. The van der Waals surface area contributed by atoms with E-state index in [-0.39, 0.29) is 0 Å². The van der Waals surface area contributed by atoms with Crippen molar-refractivity contribution < 1.29 is 8.42 Å². The van der Waals surface area contributed by atoms with Gasteiger partial charge in [-0.15, -0.1) is 0 Å². The molecule has 1 aromatic carbocycles. The largest absolute Gasteiger partial charge is 0.338 e. The number of fused-ring (bicyclic) bond motifs is 1. The maximum absolute atomic E-state index is 13.2. The van der Waals surface area contributed by atoms with Crippen LogP contribution in [-0.4, -0.2) is 53.9 Å². The van der Waals surface area contributed by atoms with Crippen molar-refractivity contribution in [2.75, 3.05) is 31.1 Å². The van der Waals surface area contributed by atoms with Gasteiger partial charge in [-0.25, -0.2) is 18.4 Å². The third-order valence-electron chi connectivity index (χ3n) is 4.62. The number of aromatic nitrogens is 3. The van der Waals surface area contributed by atoms with E-state index in [1.165, 1.54) is 4.31 Å². The molecule has 0 bridgehead atoms. The minimum atomic E-state index is -3.59. The van der Waals surface area contributed by atoms with Gasteiger partial charge in [0.2, 0.25) is 16.0 Å². The minimum Gasteiger partial charge on any atom is -0.338 e. The fraction of sp³-hybridized carbons (Fsp3) is 0.278. The molecule has 0 saturated carbocycles. The minimum absolute atomic E-state index is 0.315. The Labute approximate surface area is 152 Å². The molecule has 3 heterocycles. The molecule has 1 saturated heterocycles. The molecule has 0 radical (unpaired) electrons. The maximum Gasteiger partial charge on any atom is 0.243 e. The molecule has 3 aromatic rings. The molecule has 1 fully saturated rings. The van der Waals surface area contributed by atoms with Crippen molar-refractivity contribution in [3.63, 3.8) is 0 Å². The van der Waals surface area contributed by atoms with E-state index in [2.05, 4.69) is 15.0 Å². The first-order valence-corrected chi connectivity index (χ1v) is 9.88. The summed E-state index contributed by atoms with van der Waals surface area (Å²) >= 11 is 0. The van der Waals surface area contributed by atoms with E-state index in [1.54, 1.807) is 36.8 Å². The van der Waals surface area contributed by atoms with E-state index in [1.807, 2.05) is 24.0 Å². The third-order valence-corrected chi connectivity index (χ3v) is 6.58. The molecule has 8 heteroatoms. The second-order valence-electron chi connectivity index (χ2n) is 6.22. The highest BCUT2D eigenvalue weighted by molar-refractivity contribution is 7.89. The quantitative estimate of drug-likeness (QED) is 0.701. The zero-order valence-electron chi connectivity index (χ0n) is 14.4. The SMILES string of the molecule is Cc1ccc(S(=O)(=O)N2CCN(c3ncccn3)CC2)c2cccnc12. The highest BCUT2D eigenvalue weighted by atomic mass is 32.2. The Kier molecular flexibility index (Phi) is 4.29. The van der Waals surface area contributed by atoms with Crippen LogP contribution in [0.25, 0.3) is 10.9 Å². The average molecular weight is 369 g/mol. The summed E-state index contributed by atoms with van der Waals surface area (Å²) in [6.07, 6.45) is 5.07. The number of hydrogen-bond acceptors (Lipinski definition) is 6. The molecule has 0 N–H and O–H groups in total. The Bertz CT molecular complexity index is 1030. The lowest BCUT2D eigenvalue weighted by atomic mass is 10.1. The number of nitrogens with zero attached hydrogens (tertiary/aromatic N) is 5. The summed E-state index contributed by atoms with van der Waals surface area (Å²) in [5, 5.41) is 0.668. The van der Waals surface area contributed by atoms with Crippen LogP contribution in [0.4, 0.5) is 5.95 Å². The number of piperazine rings is 1. The van der Waals surface area contributed by atoms with Crippen molar-refractivity contribution in [1.29, 1.82) is 0 Å². The Balaban J connectivity index is 1.62. The van der Waals surface area contributed by atoms with Crippen LogP contribution in [0.15, 0.2) is 53.8 Å². The first kappa shape index (κ1) is 16.9. The molecule has 0 unspecified atom stereocenters. The van der Waals surface area contributed by atoms with Gasteiger partial charge in [0.05, 0.1) is 10.4 Å². The Morgan fingerprint density at radius 2 is 1.58 bits per heavy atom. The number of benzene rings is 1. The molecule has 4 rings (SSSR count). The van der Waals surface area contributed by atoms with E-state index >= 15 is 0 Å². The van der Waals surface area contributed by atoms with Crippen LogP contribution in [0.3, 0.4) is 0 Å². The van der Waals surface area contributed by atoms with Crippen molar-refractivity contribution in [1.82, 2.24) is 19.3 Å². The lowest BCUT2D eigenvalue weighted by molar-refractivity contribution is 0.383. The predicted molar refractivity (Wildman–Crippen MR) is 99.5 cm³/mol. The van der Waals surface area contributed by atoms with Crippen molar-refractivity contribution in [2.24, 2.45) is 0 Å². The second kappa shape index (κ2) is 6.62. The highest BCUT2D eigenvalue weighted by Gasteiger charge is 2.30. The van der Waals surface area contributed by atoms with Crippen molar-refractivity contribution >= 4 is 26.9 Å². The Morgan fingerprint density at radius 3 is 2.31 bits per heavy atom. The van der Waals surface area contributed by atoms with Crippen LogP contribution in [0.5, 0.6) is 0 Å². The molecule has 1 aliphatic heterocycles. The maximum atomic E-state index is 13.2. The first-order valence-electron chi connectivity index (χ1n) is 8.44. The standard InChI is InChI=1S/C18H19N5O2S/c1-14-5-6-16(15-4-2-7-19-17(14)15)26(24,25)23-12-10-22(11-13-23)18-20-8-3-9-21-18/h2-9H,10-13H2,1H3. The van der Waals surface area contributed by atoms with Gasteiger partial charge in [0, 0.05) is 50.2 Å². The summed E-state index contributed by atoms with van der Waals surface area (Å²) in [7, 11) is -3.59. The monoisotopic (exact) mass is 369 g/mol. The summed E-state index contributed by atoms with van der Waals surface area (Å²) in [5.74, 6) is 0.634. The first-order chi connectivity index (χ1) is 12.6. The lowest BCUT2D eigenvalue weighted by Gasteiger charge is -2.34. The van der Waals surface area contributed by atoms with E-state index < -0.39 is 10.0 Å². The van der Waals surface area contributed by atoms with E-state index in [0.29, 0.717) is 42.4 Å². The highest BCUT2D eigenvalue weighted by Crippen LogP contribution is 2.27. The lowest BCUT2D eigenvalue weighted by Crippen LogP contribution is -2.49. The normalized spacial score (nSPS) is 16.1. The van der Waals surface area contributed by atoms with Gasteiger partial charge in [-0.1, -0.05) is 6.07 Å². The zero-order valence-corrected chi connectivity index (χ0v) is 15.2. The third kappa shape index (κ3) is 2.91. The number of pyridine rings is 1. The molecule has 26 heavy (non-hydrogen) atoms.